The maximum atomic E-state index is 12.6. The summed E-state index contributed by atoms with van der Waals surface area (Å²) in [6.07, 6.45) is 7.49. The van der Waals surface area contributed by atoms with Gasteiger partial charge in [-0.3, -0.25) is 14.6 Å². The summed E-state index contributed by atoms with van der Waals surface area (Å²) in [4.78, 5) is 43.0. The first kappa shape index (κ1) is 21.0. The monoisotopic (exact) mass is 461 g/mol. The van der Waals surface area contributed by atoms with E-state index >= 15 is 0 Å². The third-order valence-corrected chi connectivity index (χ3v) is 9.05. The standard InChI is InChI=1S/C22H27N3O4S2/c1-11-3-15(20(28)29-2)19(30-11)23-17(26)7-16-18(27)24-21(31-16)25-22-8-12-4-13(9-22)6-14(5-12)10-22/h3,12-14,16H,4-10H2,1-2H3,(H,23,26)(H,24,25,27). The molecule has 4 saturated carbocycles. The maximum absolute atomic E-state index is 12.6. The van der Waals surface area contributed by atoms with Gasteiger partial charge in [-0.05, 0) is 69.3 Å². The van der Waals surface area contributed by atoms with Gasteiger partial charge in [-0.2, -0.15) is 0 Å². The molecule has 4 aliphatic carbocycles. The zero-order valence-corrected chi connectivity index (χ0v) is 19.4. The summed E-state index contributed by atoms with van der Waals surface area (Å²) in [5.41, 5.74) is 0.330. The predicted molar refractivity (Wildman–Crippen MR) is 122 cm³/mol. The van der Waals surface area contributed by atoms with Crippen molar-refractivity contribution in [2.24, 2.45) is 22.7 Å². The van der Waals surface area contributed by atoms with E-state index < -0.39 is 11.2 Å². The van der Waals surface area contributed by atoms with E-state index in [0.717, 1.165) is 41.9 Å². The lowest BCUT2D eigenvalue weighted by atomic mass is 9.53. The number of hydrogen-bond donors (Lipinski definition) is 2. The molecule has 5 fully saturated rings. The van der Waals surface area contributed by atoms with Crippen molar-refractivity contribution in [2.75, 3.05) is 12.4 Å². The van der Waals surface area contributed by atoms with Crippen LogP contribution in [0, 0.1) is 24.7 Å². The summed E-state index contributed by atoms with van der Waals surface area (Å²) < 4.78 is 4.78. The molecule has 1 aromatic rings. The number of amidine groups is 1. The van der Waals surface area contributed by atoms with Crippen LogP contribution in [0.4, 0.5) is 5.00 Å². The Balaban J connectivity index is 1.24. The SMILES string of the molecule is COC(=O)c1cc(C)sc1NC(=O)CC1SC(=NC23CC4CC(CC(C4)C2)C3)NC1=O. The van der Waals surface area contributed by atoms with Crippen LogP contribution in [0.1, 0.15) is 60.2 Å². The smallest absolute Gasteiger partial charge is 0.340 e. The molecule has 0 spiro atoms. The highest BCUT2D eigenvalue weighted by Crippen LogP contribution is 2.57. The highest BCUT2D eigenvalue weighted by molar-refractivity contribution is 8.15. The lowest BCUT2D eigenvalue weighted by Crippen LogP contribution is -2.50. The number of thioether (sulfide) groups is 1. The van der Waals surface area contributed by atoms with Crippen LogP contribution in [0.3, 0.4) is 0 Å². The molecule has 1 aromatic heterocycles. The van der Waals surface area contributed by atoms with Crippen molar-refractivity contribution >= 4 is 51.1 Å². The van der Waals surface area contributed by atoms with Gasteiger partial charge in [0.1, 0.15) is 10.3 Å². The van der Waals surface area contributed by atoms with Gasteiger partial charge < -0.3 is 15.4 Å². The summed E-state index contributed by atoms with van der Waals surface area (Å²) in [6, 6.07) is 1.69. The molecule has 5 aliphatic rings. The number of methoxy groups -OCH3 is 1. The summed E-state index contributed by atoms with van der Waals surface area (Å²) in [7, 11) is 1.31. The molecule has 2 amide bonds. The molecular formula is C22H27N3O4S2. The van der Waals surface area contributed by atoms with Crippen molar-refractivity contribution < 1.29 is 19.1 Å². The number of esters is 1. The highest BCUT2D eigenvalue weighted by atomic mass is 32.2. The van der Waals surface area contributed by atoms with Gasteiger partial charge in [-0.15, -0.1) is 11.3 Å². The second-order valence-corrected chi connectivity index (χ2v) is 11.9. The third-order valence-electron chi connectivity index (χ3n) is 7.01. The number of hydrogen-bond acceptors (Lipinski definition) is 7. The average molecular weight is 462 g/mol. The van der Waals surface area contributed by atoms with Crippen molar-refractivity contribution in [3.05, 3.63) is 16.5 Å². The minimum atomic E-state index is -0.504. The van der Waals surface area contributed by atoms with Crippen LogP contribution < -0.4 is 10.6 Å². The molecule has 31 heavy (non-hydrogen) atoms. The van der Waals surface area contributed by atoms with E-state index in [1.54, 1.807) is 6.07 Å². The molecule has 1 unspecified atom stereocenters. The number of amides is 2. The van der Waals surface area contributed by atoms with Crippen LogP contribution in [-0.4, -0.2) is 40.8 Å². The van der Waals surface area contributed by atoms with E-state index in [2.05, 4.69) is 10.6 Å². The normalized spacial score (nSPS) is 34.8. The number of nitrogens with zero attached hydrogens (tertiary/aromatic N) is 1. The third kappa shape index (κ3) is 4.14. The summed E-state index contributed by atoms with van der Waals surface area (Å²) in [5, 5.41) is 6.32. The van der Waals surface area contributed by atoms with E-state index in [-0.39, 0.29) is 23.8 Å². The quantitative estimate of drug-likeness (QED) is 0.652. The Morgan fingerprint density at radius 1 is 1.23 bits per heavy atom. The molecule has 6 rings (SSSR count). The van der Waals surface area contributed by atoms with Gasteiger partial charge in [0.15, 0.2) is 5.17 Å². The summed E-state index contributed by atoms with van der Waals surface area (Å²) in [6.45, 7) is 1.86. The predicted octanol–water partition coefficient (Wildman–Crippen LogP) is 3.73. The molecule has 2 heterocycles. The van der Waals surface area contributed by atoms with Gasteiger partial charge in [-0.25, -0.2) is 4.79 Å². The Labute approximate surface area is 189 Å². The van der Waals surface area contributed by atoms with Crippen LogP contribution in [-0.2, 0) is 14.3 Å². The van der Waals surface area contributed by atoms with Crippen molar-refractivity contribution in [1.29, 1.82) is 0 Å². The van der Waals surface area contributed by atoms with Crippen LogP contribution in [0.15, 0.2) is 11.1 Å². The number of nitrogens with one attached hydrogen (secondary N) is 2. The Morgan fingerprint density at radius 3 is 2.48 bits per heavy atom. The topological polar surface area (TPSA) is 96.9 Å². The molecule has 1 aliphatic heterocycles. The fourth-order valence-electron chi connectivity index (χ4n) is 6.22. The van der Waals surface area contributed by atoms with Crippen molar-refractivity contribution in [3.8, 4) is 0 Å². The molecule has 9 heteroatoms. The van der Waals surface area contributed by atoms with Gasteiger partial charge in [0.2, 0.25) is 11.8 Å². The molecular weight excluding hydrogens is 434 g/mol. The average Bonchev–Trinajstić information content (AvgIpc) is 3.21. The number of anilines is 1. The van der Waals surface area contributed by atoms with Crippen LogP contribution in [0.2, 0.25) is 0 Å². The zero-order chi connectivity index (χ0) is 21.8. The Kier molecular flexibility index (Phi) is 5.37. The minimum Gasteiger partial charge on any atom is -0.465 e. The number of ether oxygens (including phenoxy) is 1. The summed E-state index contributed by atoms with van der Waals surface area (Å²) >= 11 is 2.69. The Morgan fingerprint density at radius 2 is 1.87 bits per heavy atom. The van der Waals surface area contributed by atoms with E-state index in [9.17, 15) is 14.4 Å². The molecule has 0 radical (unpaired) electrons. The van der Waals surface area contributed by atoms with Crippen LogP contribution in [0.5, 0.6) is 0 Å². The van der Waals surface area contributed by atoms with Crippen LogP contribution >= 0.6 is 23.1 Å². The number of aliphatic imine (C=N–C) groups is 1. The minimum absolute atomic E-state index is 0.00851. The number of rotatable bonds is 5. The van der Waals surface area contributed by atoms with Gasteiger partial charge in [0.25, 0.3) is 0 Å². The zero-order valence-electron chi connectivity index (χ0n) is 17.7. The first-order valence-electron chi connectivity index (χ1n) is 10.9. The molecule has 166 valence electrons. The molecule has 1 saturated heterocycles. The molecule has 4 bridgehead atoms. The maximum Gasteiger partial charge on any atom is 0.340 e. The first-order chi connectivity index (χ1) is 14.8. The second kappa shape index (κ2) is 7.92. The van der Waals surface area contributed by atoms with Crippen molar-refractivity contribution in [2.45, 2.75) is 62.7 Å². The summed E-state index contributed by atoms with van der Waals surface area (Å²) in [5.74, 6) is 1.42. The van der Waals surface area contributed by atoms with E-state index in [1.165, 1.54) is 49.5 Å². The second-order valence-electron chi connectivity index (χ2n) is 9.50. The van der Waals surface area contributed by atoms with Gasteiger partial charge in [0.05, 0.1) is 18.2 Å². The van der Waals surface area contributed by atoms with E-state index in [0.29, 0.717) is 15.7 Å². The molecule has 2 N–H and O–H groups in total. The van der Waals surface area contributed by atoms with E-state index in [1.807, 2.05) is 6.92 Å². The van der Waals surface area contributed by atoms with Gasteiger partial charge in [0, 0.05) is 11.3 Å². The van der Waals surface area contributed by atoms with E-state index in [4.69, 9.17) is 9.73 Å². The van der Waals surface area contributed by atoms with Gasteiger partial charge in [-0.1, -0.05) is 11.8 Å². The molecule has 7 nitrogen and oxygen atoms in total. The Bertz CT molecular complexity index is 935. The molecule has 1 atom stereocenters. The van der Waals surface area contributed by atoms with Crippen molar-refractivity contribution in [3.63, 3.8) is 0 Å². The Hall–Kier alpha value is -1.87. The fourth-order valence-corrected chi connectivity index (χ4v) is 8.22. The van der Waals surface area contributed by atoms with Crippen LogP contribution in [0.25, 0.3) is 0 Å². The van der Waals surface area contributed by atoms with Gasteiger partial charge >= 0.3 is 5.97 Å². The largest absolute Gasteiger partial charge is 0.465 e. The highest BCUT2D eigenvalue weighted by Gasteiger charge is 2.51. The first-order valence-corrected chi connectivity index (χ1v) is 12.6. The number of carbonyl (C=O) groups excluding carboxylic acids is 3. The molecule has 0 aromatic carbocycles. The lowest BCUT2D eigenvalue weighted by Gasteiger charge is -2.55. The number of thiophene rings is 1. The number of aryl methyl sites for hydroxylation is 1. The lowest BCUT2D eigenvalue weighted by molar-refractivity contribution is -0.122. The number of carbonyl (C=O) groups is 3. The van der Waals surface area contributed by atoms with Crippen molar-refractivity contribution in [1.82, 2.24) is 5.32 Å². The fraction of sp³-hybridized carbons (Fsp3) is 0.636.